The summed E-state index contributed by atoms with van der Waals surface area (Å²) in [6.07, 6.45) is 0. The molecule has 0 aromatic heterocycles. The van der Waals surface area contributed by atoms with Gasteiger partial charge in [0.05, 0.1) is 0 Å². The van der Waals surface area contributed by atoms with Gasteiger partial charge in [0.25, 0.3) is 0 Å². The molecule has 0 saturated heterocycles. The molecule has 0 unspecified atom stereocenters. The first kappa shape index (κ1) is 17.2. The standard InChI is InChI=1S/C2H8N2.C2H6O.H3O3P/c1-4(2)3;1-2-3;1-4(2)3/h3H2,1-2H3;3H,2H2,1H3;4H,(H2,1,2,3). The Morgan fingerprint density at radius 1 is 1.45 bits per heavy atom. The van der Waals surface area contributed by atoms with Crippen LogP contribution in [0.5, 0.6) is 0 Å². The van der Waals surface area contributed by atoms with Gasteiger partial charge < -0.3 is 14.9 Å². The number of hydrogen-bond donors (Lipinski definition) is 4. The molecular formula is C4H17N2O4P. The van der Waals surface area contributed by atoms with Crippen molar-refractivity contribution in [2.24, 2.45) is 5.84 Å². The van der Waals surface area contributed by atoms with E-state index in [1.54, 1.807) is 21.0 Å². The van der Waals surface area contributed by atoms with Gasteiger partial charge in [-0.05, 0) is 6.92 Å². The van der Waals surface area contributed by atoms with E-state index < -0.39 is 8.25 Å². The summed E-state index contributed by atoms with van der Waals surface area (Å²) in [6, 6.07) is 0. The van der Waals surface area contributed by atoms with Crippen molar-refractivity contribution in [3.8, 4) is 0 Å². The summed E-state index contributed by atoms with van der Waals surface area (Å²) < 4.78 is 8.74. The molecule has 11 heavy (non-hydrogen) atoms. The van der Waals surface area contributed by atoms with Crippen molar-refractivity contribution in [1.82, 2.24) is 5.01 Å². The highest BCUT2D eigenvalue weighted by molar-refractivity contribution is 7.30. The molecule has 0 aromatic rings. The van der Waals surface area contributed by atoms with Crippen molar-refractivity contribution in [2.75, 3.05) is 20.7 Å². The molecule has 0 aromatic carbocycles. The van der Waals surface area contributed by atoms with Crippen LogP contribution >= 0.6 is 8.25 Å². The molecule has 0 heterocycles. The number of rotatable bonds is 0. The molecule has 5 N–H and O–H groups in total. The molecule has 0 saturated carbocycles. The summed E-state index contributed by atoms with van der Waals surface area (Å²) in [5.41, 5.74) is 0. The number of hydrogen-bond acceptors (Lipinski definition) is 4. The van der Waals surface area contributed by atoms with E-state index in [0.717, 1.165) is 0 Å². The third-order valence-corrected chi connectivity index (χ3v) is 0. The highest BCUT2D eigenvalue weighted by Crippen LogP contribution is 1.98. The Kier molecular flexibility index (Phi) is 25.9. The molecule has 0 bridgehead atoms. The van der Waals surface area contributed by atoms with Crippen LogP contribution in [0.1, 0.15) is 6.92 Å². The molecule has 7 heteroatoms. The lowest BCUT2D eigenvalue weighted by Crippen LogP contribution is -2.18. The lowest BCUT2D eigenvalue weighted by molar-refractivity contribution is 0.318. The Balaban J connectivity index is -0.0000000886. The molecule has 0 rings (SSSR count). The predicted molar refractivity (Wildman–Crippen MR) is 44.1 cm³/mol. The largest absolute Gasteiger partial charge is 0.397 e. The summed E-state index contributed by atoms with van der Waals surface area (Å²) in [4.78, 5) is 14.3. The third kappa shape index (κ3) is 719000. The van der Waals surface area contributed by atoms with Crippen LogP contribution in [0.15, 0.2) is 0 Å². The van der Waals surface area contributed by atoms with E-state index in [0.29, 0.717) is 0 Å². The zero-order valence-electron chi connectivity index (χ0n) is 6.98. The van der Waals surface area contributed by atoms with Crippen LogP contribution in [0, 0.1) is 0 Å². The van der Waals surface area contributed by atoms with Crippen molar-refractivity contribution >= 4 is 8.25 Å². The maximum absolute atomic E-state index is 8.74. The van der Waals surface area contributed by atoms with E-state index >= 15 is 0 Å². The monoisotopic (exact) mass is 188 g/mol. The van der Waals surface area contributed by atoms with Gasteiger partial charge in [0.15, 0.2) is 0 Å². The summed E-state index contributed by atoms with van der Waals surface area (Å²) >= 11 is 0. The average Bonchev–Trinajstić information content (AvgIpc) is 1.60. The normalized spacial score (nSPS) is 8.09. The highest BCUT2D eigenvalue weighted by Gasteiger charge is 1.61. The van der Waals surface area contributed by atoms with Crippen LogP contribution in [-0.2, 0) is 4.57 Å². The molecule has 0 spiro atoms. The summed E-state index contributed by atoms with van der Waals surface area (Å²) in [5.74, 6) is 4.94. The number of aliphatic hydroxyl groups excluding tert-OH is 1. The molecular weight excluding hydrogens is 171 g/mol. The summed E-state index contributed by atoms with van der Waals surface area (Å²) in [5, 5.41) is 9.07. The lowest BCUT2D eigenvalue weighted by atomic mass is 10.9. The van der Waals surface area contributed by atoms with Crippen LogP contribution in [0.25, 0.3) is 0 Å². The molecule has 0 aliphatic heterocycles. The molecule has 0 atom stereocenters. The predicted octanol–water partition coefficient (Wildman–Crippen LogP) is -1.22. The molecule has 0 aliphatic rings. The van der Waals surface area contributed by atoms with Crippen molar-refractivity contribution in [2.45, 2.75) is 6.92 Å². The van der Waals surface area contributed by atoms with Crippen LogP contribution < -0.4 is 5.84 Å². The van der Waals surface area contributed by atoms with E-state index in [9.17, 15) is 0 Å². The molecule has 0 amide bonds. The fourth-order valence-electron chi connectivity index (χ4n) is 0. The number of nitrogens with two attached hydrogens (primary N) is 1. The first-order chi connectivity index (χ1) is 4.88. The summed E-state index contributed by atoms with van der Waals surface area (Å²) in [6.45, 7) is 1.93. The third-order valence-electron chi connectivity index (χ3n) is 0. The second-order valence-electron chi connectivity index (χ2n) is 1.56. The van der Waals surface area contributed by atoms with E-state index in [1.165, 1.54) is 5.01 Å². The molecule has 0 radical (unpaired) electrons. The van der Waals surface area contributed by atoms with Crippen LogP contribution in [0.3, 0.4) is 0 Å². The zero-order chi connectivity index (χ0) is 9.86. The van der Waals surface area contributed by atoms with Crippen molar-refractivity contribution in [1.29, 1.82) is 0 Å². The van der Waals surface area contributed by atoms with Gasteiger partial charge in [-0.3, -0.25) is 15.4 Å². The minimum Gasteiger partial charge on any atom is -0.397 e. The molecule has 0 fully saturated rings. The van der Waals surface area contributed by atoms with Crippen LogP contribution in [0.4, 0.5) is 0 Å². The van der Waals surface area contributed by atoms with Crippen LogP contribution in [-0.4, -0.2) is 40.6 Å². The molecule has 0 aliphatic carbocycles. The van der Waals surface area contributed by atoms with Gasteiger partial charge in [-0.2, -0.15) is 0 Å². The minimum absolute atomic E-state index is 0.250. The maximum Gasteiger partial charge on any atom is 0.314 e. The Labute approximate surface area is 67.2 Å². The Morgan fingerprint density at radius 2 is 1.45 bits per heavy atom. The number of hydrazine groups is 1. The first-order valence-corrected chi connectivity index (χ1v) is 4.13. The fraction of sp³-hybridized carbons (Fsp3) is 1.00. The summed E-state index contributed by atoms with van der Waals surface area (Å²) in [7, 11) is 0.426. The quantitative estimate of drug-likeness (QED) is 0.216. The van der Waals surface area contributed by atoms with E-state index in [4.69, 9.17) is 25.3 Å². The highest BCUT2D eigenvalue weighted by atomic mass is 31.1. The van der Waals surface area contributed by atoms with Gasteiger partial charge in [0.2, 0.25) is 0 Å². The van der Waals surface area contributed by atoms with E-state index in [-0.39, 0.29) is 6.61 Å². The zero-order valence-corrected chi connectivity index (χ0v) is 7.98. The van der Waals surface area contributed by atoms with Gasteiger partial charge in [0.1, 0.15) is 0 Å². The van der Waals surface area contributed by atoms with Gasteiger partial charge in [-0.1, -0.05) is 0 Å². The number of aliphatic hydroxyl groups is 1. The minimum atomic E-state index is -3.13. The second kappa shape index (κ2) is 16.5. The van der Waals surface area contributed by atoms with Gasteiger partial charge >= 0.3 is 8.25 Å². The van der Waals surface area contributed by atoms with E-state index in [2.05, 4.69) is 0 Å². The van der Waals surface area contributed by atoms with E-state index in [1.807, 2.05) is 0 Å². The Morgan fingerprint density at radius 3 is 1.45 bits per heavy atom. The smallest absolute Gasteiger partial charge is 0.314 e. The topological polar surface area (TPSA) is 107 Å². The molecule has 72 valence electrons. The lowest BCUT2D eigenvalue weighted by Gasteiger charge is -1.91. The van der Waals surface area contributed by atoms with Crippen molar-refractivity contribution in [3.63, 3.8) is 0 Å². The molecule has 6 nitrogen and oxygen atoms in total. The first-order valence-electron chi connectivity index (χ1n) is 2.83. The van der Waals surface area contributed by atoms with Crippen LogP contribution in [0.2, 0.25) is 0 Å². The van der Waals surface area contributed by atoms with Gasteiger partial charge in [-0.15, -0.1) is 0 Å². The van der Waals surface area contributed by atoms with Gasteiger partial charge in [-0.25, -0.2) is 0 Å². The fourth-order valence-corrected chi connectivity index (χ4v) is 0. The maximum atomic E-state index is 8.74. The van der Waals surface area contributed by atoms with Crippen molar-refractivity contribution < 1.29 is 19.5 Å². The average molecular weight is 188 g/mol. The Bertz CT molecular complexity index is 73.7. The van der Waals surface area contributed by atoms with Gasteiger partial charge in [0, 0.05) is 20.7 Å². The van der Waals surface area contributed by atoms with Crippen molar-refractivity contribution in [3.05, 3.63) is 0 Å². The SMILES string of the molecule is CCO.CN(C)N.O=[PH](O)O. The second-order valence-corrected chi connectivity index (χ2v) is 2.13. The Hall–Kier alpha value is 0.0300. The number of nitrogens with zero attached hydrogens (tertiary/aromatic N) is 1.